The highest BCUT2D eigenvalue weighted by Crippen LogP contribution is 2.45. The van der Waals surface area contributed by atoms with Gasteiger partial charge in [-0.05, 0) is 42.5 Å². The topological polar surface area (TPSA) is 48.0 Å². The molecule has 2 aliphatic rings. The predicted octanol–water partition coefficient (Wildman–Crippen LogP) is 2.89. The number of carbonyl (C=O) groups is 1. The van der Waals surface area contributed by atoms with Gasteiger partial charge in [0, 0.05) is 38.1 Å². The number of amides is 1. The molecule has 3 rings (SSSR count). The number of benzene rings is 1. The molecule has 1 spiro atoms. The van der Waals surface area contributed by atoms with E-state index in [1.807, 2.05) is 17.9 Å². The van der Waals surface area contributed by atoms with Crippen LogP contribution in [0.15, 0.2) is 12.1 Å². The van der Waals surface area contributed by atoms with Gasteiger partial charge >= 0.3 is 0 Å². The van der Waals surface area contributed by atoms with Crippen LogP contribution in [0.2, 0.25) is 0 Å². The Balaban J connectivity index is 2.05. The molecule has 0 aliphatic carbocycles. The molecule has 0 unspecified atom stereocenters. The lowest BCUT2D eigenvalue weighted by Gasteiger charge is -2.46. The maximum absolute atomic E-state index is 12.6. The number of fused-ring (bicyclic) bond motifs is 2. The maximum Gasteiger partial charge on any atom is 0.222 e. The molecule has 5 nitrogen and oxygen atoms in total. The van der Waals surface area contributed by atoms with Gasteiger partial charge in [-0.2, -0.15) is 0 Å². The maximum atomic E-state index is 12.6. The first-order valence-corrected chi connectivity index (χ1v) is 8.74. The third-order valence-corrected chi connectivity index (χ3v) is 5.30. The van der Waals surface area contributed by atoms with Crippen LogP contribution < -0.4 is 9.47 Å². The van der Waals surface area contributed by atoms with E-state index in [9.17, 15) is 4.79 Å². The molecule has 0 radical (unpaired) electrons. The molecule has 1 saturated heterocycles. The van der Waals surface area contributed by atoms with Gasteiger partial charge in [0.05, 0.1) is 14.2 Å². The molecule has 2 heterocycles. The summed E-state index contributed by atoms with van der Waals surface area (Å²) in [4.78, 5) is 14.6. The van der Waals surface area contributed by atoms with Gasteiger partial charge in [0.2, 0.25) is 5.91 Å². The molecule has 24 heavy (non-hydrogen) atoms. The smallest absolute Gasteiger partial charge is 0.222 e. The fourth-order valence-electron chi connectivity index (χ4n) is 4.00. The second-order valence-electron chi connectivity index (χ2n) is 6.76. The summed E-state index contributed by atoms with van der Waals surface area (Å²) in [7, 11) is 3.32. The van der Waals surface area contributed by atoms with Gasteiger partial charge in [0.25, 0.3) is 0 Å². The first-order valence-electron chi connectivity index (χ1n) is 8.74. The van der Waals surface area contributed by atoms with E-state index in [2.05, 4.69) is 6.07 Å². The summed E-state index contributed by atoms with van der Waals surface area (Å²) in [5.41, 5.74) is 2.43. The Hall–Kier alpha value is -1.75. The number of methoxy groups -OCH3 is 2. The summed E-state index contributed by atoms with van der Waals surface area (Å²) in [5, 5.41) is 0. The van der Waals surface area contributed by atoms with Gasteiger partial charge in [-0.1, -0.05) is 6.92 Å². The van der Waals surface area contributed by atoms with Gasteiger partial charge in [-0.15, -0.1) is 0 Å². The van der Waals surface area contributed by atoms with Crippen LogP contribution in [0, 0.1) is 0 Å². The van der Waals surface area contributed by atoms with Gasteiger partial charge in [-0.3, -0.25) is 4.79 Å². The minimum atomic E-state index is -0.0330. The van der Waals surface area contributed by atoms with E-state index >= 15 is 0 Å². The van der Waals surface area contributed by atoms with Crippen molar-refractivity contribution in [2.45, 2.75) is 44.6 Å². The Labute approximate surface area is 143 Å². The molecular weight excluding hydrogens is 306 g/mol. The Morgan fingerprint density at radius 1 is 1.21 bits per heavy atom. The van der Waals surface area contributed by atoms with Crippen molar-refractivity contribution in [3.8, 4) is 11.5 Å². The molecule has 1 aromatic rings. The second kappa shape index (κ2) is 7.01. The first kappa shape index (κ1) is 17.1. The zero-order valence-electron chi connectivity index (χ0n) is 14.9. The van der Waals surface area contributed by atoms with Gasteiger partial charge < -0.3 is 19.1 Å². The molecule has 1 aromatic carbocycles. The van der Waals surface area contributed by atoms with Crippen molar-refractivity contribution in [2.24, 2.45) is 0 Å². The predicted molar refractivity (Wildman–Crippen MR) is 91.6 cm³/mol. The fraction of sp³-hybridized carbons (Fsp3) is 0.632. The number of nitrogens with zero attached hydrogens (tertiary/aromatic N) is 1. The summed E-state index contributed by atoms with van der Waals surface area (Å²) in [6.45, 7) is 4.95. The van der Waals surface area contributed by atoms with Crippen LogP contribution in [0.1, 0.15) is 43.7 Å². The highest BCUT2D eigenvalue weighted by atomic mass is 16.5. The summed E-state index contributed by atoms with van der Waals surface area (Å²) in [6, 6.07) is 4.15. The van der Waals surface area contributed by atoms with Crippen molar-refractivity contribution in [1.29, 1.82) is 0 Å². The van der Waals surface area contributed by atoms with Gasteiger partial charge in [0.1, 0.15) is 0 Å². The van der Waals surface area contributed by atoms with Crippen molar-refractivity contribution < 1.29 is 19.0 Å². The van der Waals surface area contributed by atoms with E-state index in [0.717, 1.165) is 50.5 Å². The SMILES string of the molecule is CCCC(=O)N1Cc2cc(OC)c(OC)cc2C2(CCOCC2)C1. The van der Waals surface area contributed by atoms with Gasteiger partial charge in [0.15, 0.2) is 11.5 Å². The molecular formula is C19H27NO4. The molecule has 0 atom stereocenters. The molecule has 0 saturated carbocycles. The second-order valence-corrected chi connectivity index (χ2v) is 6.76. The zero-order chi connectivity index (χ0) is 17.2. The monoisotopic (exact) mass is 333 g/mol. The van der Waals surface area contributed by atoms with Crippen LogP contribution in [0.25, 0.3) is 0 Å². The Morgan fingerprint density at radius 2 is 1.88 bits per heavy atom. The quantitative estimate of drug-likeness (QED) is 0.850. The lowest BCUT2D eigenvalue weighted by molar-refractivity contribution is -0.134. The summed E-state index contributed by atoms with van der Waals surface area (Å²) >= 11 is 0. The molecule has 5 heteroatoms. The normalized spacial score (nSPS) is 19.0. The standard InChI is InChI=1S/C19H27NO4/c1-4-5-18(21)20-12-14-10-16(22-2)17(23-3)11-15(14)19(13-20)6-8-24-9-7-19/h10-11H,4-9,12-13H2,1-3H3. The van der Waals surface area contributed by atoms with Crippen LogP contribution in [-0.4, -0.2) is 44.8 Å². The molecule has 0 aromatic heterocycles. The van der Waals surface area contributed by atoms with Crippen LogP contribution in [0.3, 0.4) is 0 Å². The molecule has 0 N–H and O–H groups in total. The fourth-order valence-corrected chi connectivity index (χ4v) is 4.00. The zero-order valence-corrected chi connectivity index (χ0v) is 14.9. The van der Waals surface area contributed by atoms with Crippen molar-refractivity contribution in [1.82, 2.24) is 4.90 Å². The van der Waals surface area contributed by atoms with E-state index < -0.39 is 0 Å². The highest BCUT2D eigenvalue weighted by molar-refractivity contribution is 5.77. The van der Waals surface area contributed by atoms with E-state index in [1.165, 1.54) is 11.1 Å². The Morgan fingerprint density at radius 3 is 2.50 bits per heavy atom. The van der Waals surface area contributed by atoms with Crippen LogP contribution in [0.5, 0.6) is 11.5 Å². The number of ether oxygens (including phenoxy) is 3. The minimum Gasteiger partial charge on any atom is -0.493 e. The lowest BCUT2D eigenvalue weighted by Crippen LogP contribution is -2.50. The van der Waals surface area contributed by atoms with E-state index in [1.54, 1.807) is 14.2 Å². The van der Waals surface area contributed by atoms with Crippen LogP contribution in [0.4, 0.5) is 0 Å². The number of hydrogen-bond acceptors (Lipinski definition) is 4. The van der Waals surface area contributed by atoms with Crippen LogP contribution in [-0.2, 0) is 21.5 Å². The number of rotatable bonds is 4. The summed E-state index contributed by atoms with van der Waals surface area (Å²) in [5.74, 6) is 1.72. The molecule has 1 amide bonds. The minimum absolute atomic E-state index is 0.0330. The largest absolute Gasteiger partial charge is 0.493 e. The third kappa shape index (κ3) is 2.97. The lowest BCUT2D eigenvalue weighted by atomic mass is 9.69. The Bertz CT molecular complexity index is 608. The van der Waals surface area contributed by atoms with E-state index in [0.29, 0.717) is 13.0 Å². The average Bonchev–Trinajstić information content (AvgIpc) is 2.61. The van der Waals surface area contributed by atoms with Crippen LogP contribution >= 0.6 is 0 Å². The number of hydrogen-bond donors (Lipinski definition) is 0. The number of carbonyl (C=O) groups excluding carboxylic acids is 1. The summed E-state index contributed by atoms with van der Waals surface area (Å²) in [6.07, 6.45) is 3.36. The third-order valence-electron chi connectivity index (χ3n) is 5.30. The first-order chi connectivity index (χ1) is 11.6. The molecule has 0 bridgehead atoms. The summed E-state index contributed by atoms with van der Waals surface area (Å²) < 4.78 is 16.6. The van der Waals surface area contributed by atoms with E-state index in [-0.39, 0.29) is 11.3 Å². The van der Waals surface area contributed by atoms with Crippen molar-refractivity contribution in [3.05, 3.63) is 23.3 Å². The van der Waals surface area contributed by atoms with Crippen molar-refractivity contribution in [3.63, 3.8) is 0 Å². The molecule has 132 valence electrons. The van der Waals surface area contributed by atoms with Gasteiger partial charge in [-0.25, -0.2) is 0 Å². The highest BCUT2D eigenvalue weighted by Gasteiger charge is 2.42. The van der Waals surface area contributed by atoms with Crippen molar-refractivity contribution in [2.75, 3.05) is 34.0 Å². The molecule has 1 fully saturated rings. The average molecular weight is 333 g/mol. The van der Waals surface area contributed by atoms with E-state index in [4.69, 9.17) is 14.2 Å². The van der Waals surface area contributed by atoms with Crippen molar-refractivity contribution >= 4 is 5.91 Å². The Kier molecular flexibility index (Phi) is 4.99. The molecule has 2 aliphatic heterocycles.